The number of hydrogen-bond donors (Lipinski definition) is 2. The van der Waals surface area contributed by atoms with Crippen molar-refractivity contribution in [3.05, 3.63) is 29.8 Å². The van der Waals surface area contributed by atoms with Gasteiger partial charge in [-0.05, 0) is 51.6 Å². The predicted octanol–water partition coefficient (Wildman–Crippen LogP) is 2.58. The summed E-state index contributed by atoms with van der Waals surface area (Å²) in [5, 5.41) is 13.8. The number of likely N-dealkylation sites (N-methyl/N-ethyl adjacent to an activating group) is 1. The molecule has 1 saturated carbocycles. The fourth-order valence-electron chi connectivity index (χ4n) is 2.87. The summed E-state index contributed by atoms with van der Waals surface area (Å²) in [6.07, 6.45) is 4.13. The average molecular weight is 306 g/mol. The predicted molar refractivity (Wildman–Crippen MR) is 90.3 cm³/mol. The topological polar surface area (TPSA) is 44.7 Å². The second kappa shape index (κ2) is 7.95. The zero-order chi connectivity index (χ0) is 16.0. The molecule has 1 unspecified atom stereocenters. The molecule has 4 heteroatoms. The minimum Gasteiger partial charge on any atom is -0.492 e. The molecule has 1 aliphatic rings. The van der Waals surface area contributed by atoms with Crippen LogP contribution in [0.25, 0.3) is 0 Å². The molecule has 1 aromatic carbocycles. The number of nitrogens with zero attached hydrogens (tertiary/aromatic N) is 1. The maximum atomic E-state index is 10.4. The molecule has 2 N–H and O–H groups in total. The third-order valence-corrected chi connectivity index (χ3v) is 4.46. The van der Waals surface area contributed by atoms with Gasteiger partial charge in [0.2, 0.25) is 0 Å². The van der Waals surface area contributed by atoms with E-state index in [1.54, 1.807) is 0 Å². The van der Waals surface area contributed by atoms with E-state index in [-0.39, 0.29) is 6.04 Å². The molecule has 0 spiro atoms. The standard InChI is InChI=1S/C18H30N2O2/c1-15(19-14-18(21)10-4-5-11-18)16-6-8-17(9-7-16)22-13-12-20(2)3/h6-9,15,19,21H,4-5,10-14H2,1-3H3. The number of aliphatic hydroxyl groups is 1. The third-order valence-electron chi connectivity index (χ3n) is 4.46. The normalized spacial score (nSPS) is 18.6. The minimum atomic E-state index is -0.497. The Labute approximate surface area is 134 Å². The molecule has 1 fully saturated rings. The van der Waals surface area contributed by atoms with E-state index in [4.69, 9.17) is 4.74 Å². The third kappa shape index (κ3) is 5.27. The van der Waals surface area contributed by atoms with E-state index in [0.29, 0.717) is 13.2 Å². The Morgan fingerprint density at radius 1 is 1.23 bits per heavy atom. The minimum absolute atomic E-state index is 0.237. The van der Waals surface area contributed by atoms with Crippen molar-refractivity contribution >= 4 is 0 Å². The Balaban J connectivity index is 1.79. The van der Waals surface area contributed by atoms with E-state index in [2.05, 4.69) is 29.3 Å². The van der Waals surface area contributed by atoms with Gasteiger partial charge in [-0.1, -0.05) is 25.0 Å². The fraction of sp³-hybridized carbons (Fsp3) is 0.667. The quantitative estimate of drug-likeness (QED) is 0.775. The molecule has 124 valence electrons. The van der Waals surface area contributed by atoms with Crippen LogP contribution >= 0.6 is 0 Å². The molecule has 0 radical (unpaired) electrons. The number of ether oxygens (including phenoxy) is 1. The van der Waals surface area contributed by atoms with Crippen LogP contribution in [0.5, 0.6) is 5.75 Å². The molecule has 1 atom stereocenters. The first-order valence-corrected chi connectivity index (χ1v) is 8.32. The van der Waals surface area contributed by atoms with Crippen molar-refractivity contribution < 1.29 is 9.84 Å². The van der Waals surface area contributed by atoms with Gasteiger partial charge in [-0.15, -0.1) is 0 Å². The van der Waals surface area contributed by atoms with Gasteiger partial charge in [0.1, 0.15) is 12.4 Å². The molecule has 2 rings (SSSR count). The Kier molecular flexibility index (Phi) is 6.24. The van der Waals surface area contributed by atoms with Crippen molar-refractivity contribution in [2.75, 3.05) is 33.8 Å². The molecule has 1 aliphatic carbocycles. The summed E-state index contributed by atoms with van der Waals surface area (Å²) in [6.45, 7) is 4.43. The highest BCUT2D eigenvalue weighted by Crippen LogP contribution is 2.29. The van der Waals surface area contributed by atoms with Crippen LogP contribution in [0.15, 0.2) is 24.3 Å². The highest BCUT2D eigenvalue weighted by Gasteiger charge is 2.30. The highest BCUT2D eigenvalue weighted by molar-refractivity contribution is 5.29. The van der Waals surface area contributed by atoms with Crippen molar-refractivity contribution in [3.8, 4) is 5.75 Å². The summed E-state index contributed by atoms with van der Waals surface area (Å²) in [4.78, 5) is 2.11. The molecule has 0 aliphatic heterocycles. The summed E-state index contributed by atoms with van der Waals surface area (Å²) in [6, 6.07) is 8.48. The zero-order valence-corrected chi connectivity index (χ0v) is 14.1. The van der Waals surface area contributed by atoms with E-state index < -0.39 is 5.60 Å². The van der Waals surface area contributed by atoms with E-state index in [1.807, 2.05) is 26.2 Å². The van der Waals surface area contributed by atoms with Crippen molar-refractivity contribution in [2.45, 2.75) is 44.2 Å². The molecular weight excluding hydrogens is 276 g/mol. The fourth-order valence-corrected chi connectivity index (χ4v) is 2.87. The van der Waals surface area contributed by atoms with Crippen LogP contribution in [-0.2, 0) is 0 Å². The van der Waals surface area contributed by atoms with Crippen molar-refractivity contribution in [2.24, 2.45) is 0 Å². The SMILES string of the molecule is CC(NCC1(O)CCCC1)c1ccc(OCCN(C)C)cc1. The second-order valence-corrected chi connectivity index (χ2v) is 6.75. The van der Waals surface area contributed by atoms with Gasteiger partial charge in [-0.3, -0.25) is 0 Å². The van der Waals surface area contributed by atoms with Crippen LogP contribution in [0.4, 0.5) is 0 Å². The molecule has 0 saturated heterocycles. The molecule has 0 bridgehead atoms. The van der Waals surface area contributed by atoms with E-state index in [1.165, 1.54) is 5.56 Å². The van der Waals surface area contributed by atoms with Gasteiger partial charge < -0.3 is 20.1 Å². The van der Waals surface area contributed by atoms with E-state index in [0.717, 1.165) is 38.0 Å². The summed E-state index contributed by atoms with van der Waals surface area (Å²) >= 11 is 0. The maximum absolute atomic E-state index is 10.4. The number of benzene rings is 1. The Morgan fingerprint density at radius 3 is 2.45 bits per heavy atom. The lowest BCUT2D eigenvalue weighted by atomic mass is 10.0. The number of rotatable bonds is 8. The second-order valence-electron chi connectivity index (χ2n) is 6.75. The summed E-state index contributed by atoms with van der Waals surface area (Å²) in [5.41, 5.74) is 0.727. The van der Waals surface area contributed by atoms with Crippen LogP contribution in [-0.4, -0.2) is 49.4 Å². The van der Waals surface area contributed by atoms with Gasteiger partial charge in [0.15, 0.2) is 0 Å². The van der Waals surface area contributed by atoms with Gasteiger partial charge in [-0.2, -0.15) is 0 Å². The first kappa shape index (κ1) is 17.3. The van der Waals surface area contributed by atoms with Gasteiger partial charge in [0, 0.05) is 19.1 Å². The Morgan fingerprint density at radius 2 is 1.86 bits per heavy atom. The summed E-state index contributed by atoms with van der Waals surface area (Å²) in [5.74, 6) is 0.909. The molecule has 0 heterocycles. The number of hydrogen-bond acceptors (Lipinski definition) is 4. The molecule has 4 nitrogen and oxygen atoms in total. The van der Waals surface area contributed by atoms with E-state index in [9.17, 15) is 5.11 Å². The maximum Gasteiger partial charge on any atom is 0.119 e. The average Bonchev–Trinajstić information content (AvgIpc) is 2.92. The first-order chi connectivity index (χ1) is 10.5. The van der Waals surface area contributed by atoms with Crippen LogP contribution < -0.4 is 10.1 Å². The number of nitrogens with one attached hydrogen (secondary N) is 1. The van der Waals surface area contributed by atoms with Crippen molar-refractivity contribution in [1.29, 1.82) is 0 Å². The largest absolute Gasteiger partial charge is 0.492 e. The monoisotopic (exact) mass is 306 g/mol. The van der Waals surface area contributed by atoms with Crippen molar-refractivity contribution in [3.63, 3.8) is 0 Å². The Bertz CT molecular complexity index is 439. The van der Waals surface area contributed by atoms with Crippen molar-refractivity contribution in [1.82, 2.24) is 10.2 Å². The van der Waals surface area contributed by atoms with Crippen LogP contribution in [0.1, 0.15) is 44.2 Å². The lowest BCUT2D eigenvalue weighted by Crippen LogP contribution is -2.39. The highest BCUT2D eigenvalue weighted by atomic mass is 16.5. The molecule has 22 heavy (non-hydrogen) atoms. The summed E-state index contributed by atoms with van der Waals surface area (Å²) in [7, 11) is 4.08. The molecule has 0 amide bonds. The van der Waals surface area contributed by atoms with Gasteiger partial charge in [0.25, 0.3) is 0 Å². The van der Waals surface area contributed by atoms with Crippen LogP contribution in [0, 0.1) is 0 Å². The zero-order valence-electron chi connectivity index (χ0n) is 14.1. The van der Waals surface area contributed by atoms with Gasteiger partial charge in [0.05, 0.1) is 5.60 Å². The van der Waals surface area contributed by atoms with E-state index >= 15 is 0 Å². The molecular formula is C18H30N2O2. The first-order valence-electron chi connectivity index (χ1n) is 8.32. The van der Waals surface area contributed by atoms with Crippen LogP contribution in [0.3, 0.4) is 0 Å². The summed E-state index contributed by atoms with van der Waals surface area (Å²) < 4.78 is 5.71. The molecule has 1 aromatic rings. The lowest BCUT2D eigenvalue weighted by molar-refractivity contribution is 0.0453. The lowest BCUT2D eigenvalue weighted by Gasteiger charge is -2.25. The smallest absolute Gasteiger partial charge is 0.119 e. The van der Waals surface area contributed by atoms with Crippen LogP contribution in [0.2, 0.25) is 0 Å². The van der Waals surface area contributed by atoms with Gasteiger partial charge in [-0.25, -0.2) is 0 Å². The molecule has 0 aromatic heterocycles. The Hall–Kier alpha value is -1.10. The van der Waals surface area contributed by atoms with Gasteiger partial charge >= 0.3 is 0 Å².